The first kappa shape index (κ1) is 10.2. The highest BCUT2D eigenvalue weighted by atomic mass is 16.1. The lowest BCUT2D eigenvalue weighted by atomic mass is 9.96. The Morgan fingerprint density at radius 2 is 1.67 bits per heavy atom. The van der Waals surface area contributed by atoms with E-state index in [0.29, 0.717) is 0 Å². The van der Waals surface area contributed by atoms with Crippen molar-refractivity contribution in [1.82, 2.24) is 0 Å². The molecule has 1 aromatic carbocycles. The molecule has 1 heteroatoms. The maximum absolute atomic E-state index is 11.7. The van der Waals surface area contributed by atoms with E-state index in [-0.39, 0.29) is 5.78 Å². The molecule has 0 amide bonds. The van der Waals surface area contributed by atoms with Gasteiger partial charge in [0.25, 0.3) is 0 Å². The largest absolute Gasteiger partial charge is 0.294 e. The number of carbonyl (C=O) groups excluding carboxylic acids is 1. The highest BCUT2D eigenvalue weighted by Gasteiger charge is 2.16. The second kappa shape index (κ2) is 4.43. The molecule has 78 valence electrons. The van der Waals surface area contributed by atoms with E-state index in [9.17, 15) is 4.79 Å². The quantitative estimate of drug-likeness (QED) is 0.666. The van der Waals surface area contributed by atoms with Crippen molar-refractivity contribution in [3.05, 3.63) is 41.5 Å². The first-order valence-electron chi connectivity index (χ1n) is 5.57. The van der Waals surface area contributed by atoms with Gasteiger partial charge in [0, 0.05) is 5.57 Å². The lowest BCUT2D eigenvalue weighted by molar-refractivity contribution is -0.111. The molecule has 0 unspecified atom stereocenters. The van der Waals surface area contributed by atoms with Gasteiger partial charge in [0.2, 0.25) is 0 Å². The molecule has 0 saturated heterocycles. The summed E-state index contributed by atoms with van der Waals surface area (Å²) in [5.41, 5.74) is 3.41. The van der Waals surface area contributed by atoms with Gasteiger partial charge in [0.1, 0.15) is 0 Å². The van der Waals surface area contributed by atoms with Crippen molar-refractivity contribution in [2.75, 3.05) is 0 Å². The molecule has 1 aliphatic carbocycles. The summed E-state index contributed by atoms with van der Waals surface area (Å²) in [7, 11) is 0. The molecule has 1 aliphatic rings. The standard InChI is InChI=1S/C14H16O/c1-11(15)14(13-9-5-6-10-13)12-7-3-2-4-8-12/h2-4,7-8H,5-6,9-10H2,1H3. The van der Waals surface area contributed by atoms with E-state index in [1.165, 1.54) is 18.4 Å². The van der Waals surface area contributed by atoms with Crippen molar-refractivity contribution in [3.63, 3.8) is 0 Å². The van der Waals surface area contributed by atoms with Gasteiger partial charge in [0.05, 0.1) is 0 Å². The van der Waals surface area contributed by atoms with Crippen LogP contribution >= 0.6 is 0 Å². The number of ketones is 1. The number of hydrogen-bond acceptors (Lipinski definition) is 1. The van der Waals surface area contributed by atoms with Crippen LogP contribution in [0.3, 0.4) is 0 Å². The first-order chi connectivity index (χ1) is 7.29. The van der Waals surface area contributed by atoms with Crippen LogP contribution in [-0.2, 0) is 4.79 Å². The molecule has 0 spiro atoms. The van der Waals surface area contributed by atoms with Crippen molar-refractivity contribution in [1.29, 1.82) is 0 Å². The van der Waals surface area contributed by atoms with Gasteiger partial charge in [-0.05, 0) is 38.2 Å². The van der Waals surface area contributed by atoms with E-state index in [2.05, 4.69) is 0 Å². The van der Waals surface area contributed by atoms with Crippen molar-refractivity contribution < 1.29 is 4.79 Å². The zero-order valence-corrected chi connectivity index (χ0v) is 9.12. The Labute approximate surface area is 90.8 Å². The molecule has 1 fully saturated rings. The lowest BCUT2D eigenvalue weighted by Crippen LogP contribution is -1.99. The lowest BCUT2D eigenvalue weighted by Gasteiger charge is -2.08. The van der Waals surface area contributed by atoms with E-state index >= 15 is 0 Å². The molecular weight excluding hydrogens is 184 g/mol. The van der Waals surface area contributed by atoms with Crippen molar-refractivity contribution in [2.45, 2.75) is 32.6 Å². The van der Waals surface area contributed by atoms with Crippen molar-refractivity contribution >= 4 is 11.4 Å². The molecule has 1 aromatic rings. The monoisotopic (exact) mass is 200 g/mol. The second-order valence-electron chi connectivity index (χ2n) is 4.11. The zero-order chi connectivity index (χ0) is 10.7. The maximum Gasteiger partial charge on any atom is 0.160 e. The number of carbonyl (C=O) groups is 1. The zero-order valence-electron chi connectivity index (χ0n) is 9.12. The van der Waals surface area contributed by atoms with Gasteiger partial charge in [-0.15, -0.1) is 0 Å². The molecule has 1 nitrogen and oxygen atoms in total. The van der Waals surface area contributed by atoms with E-state index in [0.717, 1.165) is 24.0 Å². The van der Waals surface area contributed by atoms with E-state index in [1.54, 1.807) is 6.92 Å². The number of benzene rings is 1. The Bertz CT molecular complexity index is 379. The Morgan fingerprint density at radius 1 is 1.07 bits per heavy atom. The number of rotatable bonds is 2. The fourth-order valence-corrected chi connectivity index (χ4v) is 2.31. The molecule has 2 rings (SSSR count). The van der Waals surface area contributed by atoms with Gasteiger partial charge in [-0.3, -0.25) is 4.79 Å². The Morgan fingerprint density at radius 3 is 2.20 bits per heavy atom. The summed E-state index contributed by atoms with van der Waals surface area (Å²) in [6.45, 7) is 1.67. The van der Waals surface area contributed by atoms with Gasteiger partial charge < -0.3 is 0 Å². The molecule has 0 N–H and O–H groups in total. The maximum atomic E-state index is 11.7. The minimum atomic E-state index is 0.207. The predicted octanol–water partition coefficient (Wildman–Crippen LogP) is 3.60. The highest BCUT2D eigenvalue weighted by molar-refractivity contribution is 6.20. The third-order valence-electron chi connectivity index (χ3n) is 2.98. The van der Waals surface area contributed by atoms with Crippen LogP contribution in [0.2, 0.25) is 0 Å². The molecule has 0 atom stereocenters. The van der Waals surface area contributed by atoms with Crippen LogP contribution in [0.15, 0.2) is 35.9 Å². The fourth-order valence-electron chi connectivity index (χ4n) is 2.31. The SMILES string of the molecule is CC(=O)C(=C1CCCC1)c1ccccc1. The average molecular weight is 200 g/mol. The molecule has 0 heterocycles. The van der Waals surface area contributed by atoms with Crippen LogP contribution in [-0.4, -0.2) is 5.78 Å². The highest BCUT2D eigenvalue weighted by Crippen LogP contribution is 2.32. The summed E-state index contributed by atoms with van der Waals surface area (Å²) < 4.78 is 0. The summed E-state index contributed by atoms with van der Waals surface area (Å²) in [4.78, 5) is 11.7. The number of hydrogen-bond donors (Lipinski definition) is 0. The molecule has 0 aromatic heterocycles. The summed E-state index contributed by atoms with van der Waals surface area (Å²) in [6.07, 6.45) is 4.67. The summed E-state index contributed by atoms with van der Waals surface area (Å²) >= 11 is 0. The van der Waals surface area contributed by atoms with Crippen LogP contribution in [0.5, 0.6) is 0 Å². The van der Waals surface area contributed by atoms with Crippen LogP contribution in [0.25, 0.3) is 5.57 Å². The number of allylic oxidation sites excluding steroid dienone is 2. The second-order valence-corrected chi connectivity index (χ2v) is 4.11. The van der Waals surface area contributed by atoms with Crippen molar-refractivity contribution in [2.24, 2.45) is 0 Å². The van der Waals surface area contributed by atoms with E-state index < -0.39 is 0 Å². The third kappa shape index (κ3) is 2.17. The molecular formula is C14H16O. The third-order valence-corrected chi connectivity index (χ3v) is 2.98. The fraction of sp³-hybridized carbons (Fsp3) is 0.357. The summed E-state index contributed by atoms with van der Waals surface area (Å²) in [5, 5.41) is 0. The van der Waals surface area contributed by atoms with Gasteiger partial charge in [-0.25, -0.2) is 0 Å². The molecule has 0 radical (unpaired) electrons. The Kier molecular flexibility index (Phi) is 3.00. The van der Waals surface area contributed by atoms with Gasteiger partial charge in [0.15, 0.2) is 5.78 Å². The van der Waals surface area contributed by atoms with Gasteiger partial charge >= 0.3 is 0 Å². The van der Waals surface area contributed by atoms with E-state index in [1.807, 2.05) is 30.3 Å². The first-order valence-corrected chi connectivity index (χ1v) is 5.57. The Balaban J connectivity index is 2.45. The molecule has 15 heavy (non-hydrogen) atoms. The topological polar surface area (TPSA) is 17.1 Å². The van der Waals surface area contributed by atoms with Crippen LogP contribution in [0.4, 0.5) is 0 Å². The minimum absolute atomic E-state index is 0.207. The average Bonchev–Trinajstić information content (AvgIpc) is 2.72. The van der Waals surface area contributed by atoms with Crippen molar-refractivity contribution in [3.8, 4) is 0 Å². The smallest absolute Gasteiger partial charge is 0.160 e. The molecule has 0 aliphatic heterocycles. The van der Waals surface area contributed by atoms with Crippen LogP contribution in [0, 0.1) is 0 Å². The van der Waals surface area contributed by atoms with Crippen LogP contribution in [0.1, 0.15) is 38.2 Å². The summed E-state index contributed by atoms with van der Waals surface area (Å²) in [5.74, 6) is 0.207. The summed E-state index contributed by atoms with van der Waals surface area (Å²) in [6, 6.07) is 10.0. The van der Waals surface area contributed by atoms with E-state index in [4.69, 9.17) is 0 Å². The molecule has 1 saturated carbocycles. The molecule has 0 bridgehead atoms. The normalized spacial score (nSPS) is 15.4. The minimum Gasteiger partial charge on any atom is -0.294 e. The number of Topliss-reactive ketones (excluding diaryl/α,β-unsaturated/α-hetero) is 1. The van der Waals surface area contributed by atoms with Gasteiger partial charge in [-0.1, -0.05) is 35.9 Å². The van der Waals surface area contributed by atoms with Gasteiger partial charge in [-0.2, -0.15) is 0 Å². The Hall–Kier alpha value is -1.37. The van der Waals surface area contributed by atoms with Crippen LogP contribution < -0.4 is 0 Å². The predicted molar refractivity (Wildman–Crippen MR) is 62.5 cm³/mol.